The van der Waals surface area contributed by atoms with Gasteiger partial charge in [-0.05, 0) is 30.8 Å². The second-order valence-electron chi connectivity index (χ2n) is 9.29. The van der Waals surface area contributed by atoms with Crippen LogP contribution in [-0.4, -0.2) is 94.8 Å². The Morgan fingerprint density at radius 1 is 1.37 bits per heavy atom. The largest absolute Gasteiger partial charge is 0.449 e. The molecule has 202 valence electrons. The number of nitrogens with zero attached hydrogens (tertiary/aromatic N) is 4. The summed E-state index contributed by atoms with van der Waals surface area (Å²) in [6, 6.07) is 3.07. The van der Waals surface area contributed by atoms with Crippen molar-refractivity contribution in [3.05, 3.63) is 51.0 Å². The Hall–Kier alpha value is -3.14. The van der Waals surface area contributed by atoms with E-state index in [0.29, 0.717) is 35.1 Å². The maximum Gasteiger partial charge on any atom is 0.404 e. The van der Waals surface area contributed by atoms with Gasteiger partial charge < -0.3 is 25.4 Å². The van der Waals surface area contributed by atoms with Gasteiger partial charge in [0.05, 0.1) is 28.3 Å². The van der Waals surface area contributed by atoms with Gasteiger partial charge in [0.2, 0.25) is 11.6 Å². The van der Waals surface area contributed by atoms with E-state index in [1.807, 2.05) is 11.9 Å². The van der Waals surface area contributed by atoms with Crippen molar-refractivity contribution in [2.24, 2.45) is 11.7 Å². The lowest BCUT2D eigenvalue weighted by Crippen LogP contribution is -2.55. The minimum atomic E-state index is -1.01. The van der Waals surface area contributed by atoms with E-state index in [4.69, 9.17) is 15.2 Å². The molecule has 0 aromatic carbocycles. The fourth-order valence-corrected chi connectivity index (χ4v) is 7.54. The summed E-state index contributed by atoms with van der Waals surface area (Å²) in [4.78, 5) is 57.2. The van der Waals surface area contributed by atoms with E-state index in [9.17, 15) is 24.5 Å². The number of piperazine rings is 1. The normalized spacial score (nSPS) is 29.3. The first-order valence-corrected chi connectivity index (χ1v) is 14.1. The number of ether oxygens (including phenoxy) is 2. The van der Waals surface area contributed by atoms with Gasteiger partial charge in [0.1, 0.15) is 17.8 Å². The van der Waals surface area contributed by atoms with Crippen molar-refractivity contribution in [2.75, 3.05) is 39.6 Å². The molecule has 1 aliphatic carbocycles. The summed E-state index contributed by atoms with van der Waals surface area (Å²) in [6.45, 7) is 2.35. The zero-order valence-corrected chi connectivity index (χ0v) is 22.5. The number of fused-ring (bicyclic) bond motifs is 4. The van der Waals surface area contributed by atoms with Gasteiger partial charge in [0.15, 0.2) is 5.72 Å². The number of hydrogen-bond donors (Lipinski definition) is 2. The number of carbonyl (C=O) groups is 3. The maximum atomic E-state index is 13.8. The van der Waals surface area contributed by atoms with Crippen LogP contribution in [0, 0.1) is 16.0 Å². The molecule has 13 nitrogen and oxygen atoms in total. The number of ketones is 2. The molecule has 5 rings (SSSR count). The second-order valence-corrected chi connectivity index (χ2v) is 11.7. The minimum absolute atomic E-state index is 0.0571. The lowest BCUT2D eigenvalue weighted by Gasteiger charge is -2.40. The van der Waals surface area contributed by atoms with Crippen LogP contribution < -0.4 is 11.1 Å². The number of allylic oxidation sites excluding steroid dienone is 2. The molecule has 4 heterocycles. The van der Waals surface area contributed by atoms with E-state index in [-0.39, 0.29) is 47.2 Å². The van der Waals surface area contributed by atoms with E-state index in [0.717, 1.165) is 0 Å². The van der Waals surface area contributed by atoms with Crippen molar-refractivity contribution in [3.8, 4) is 0 Å². The minimum Gasteiger partial charge on any atom is -0.449 e. The van der Waals surface area contributed by atoms with E-state index in [2.05, 4.69) is 15.2 Å². The average Bonchev–Trinajstić information content (AvgIpc) is 3.26. The van der Waals surface area contributed by atoms with Crippen molar-refractivity contribution >= 4 is 44.9 Å². The lowest BCUT2D eigenvalue weighted by molar-refractivity contribution is -0.385. The molecule has 0 spiro atoms. The molecule has 5 atom stereocenters. The molecule has 0 radical (unpaired) electrons. The summed E-state index contributed by atoms with van der Waals surface area (Å²) in [5, 5.41) is 14.5. The number of likely N-dealkylation sites (N-methyl/N-ethyl adjacent to an activating group) is 1. The van der Waals surface area contributed by atoms with Gasteiger partial charge in [0.25, 0.3) is 5.69 Å². The summed E-state index contributed by atoms with van der Waals surface area (Å²) in [5.41, 5.74) is 5.28. The first-order valence-electron chi connectivity index (χ1n) is 11.8. The van der Waals surface area contributed by atoms with Crippen LogP contribution in [0.15, 0.2) is 45.9 Å². The van der Waals surface area contributed by atoms with Gasteiger partial charge in [-0.15, -0.1) is 0 Å². The topological polar surface area (TPSA) is 170 Å². The number of Topliss-reactive ketones (excluding diaryl/α,β-unsaturated/α-hetero) is 2. The summed E-state index contributed by atoms with van der Waals surface area (Å²) < 4.78 is 11.2. The Labute approximate surface area is 225 Å². The molecule has 38 heavy (non-hydrogen) atoms. The monoisotopic (exact) mass is 562 g/mol. The Kier molecular flexibility index (Phi) is 6.87. The fraction of sp³-hybridized carbons (Fsp3) is 0.478. The number of pyridine rings is 1. The third-order valence-electron chi connectivity index (χ3n) is 7.51. The number of rotatable bonds is 10. The van der Waals surface area contributed by atoms with Gasteiger partial charge in [-0.25, -0.2) is 9.78 Å². The highest BCUT2D eigenvalue weighted by atomic mass is 33.1. The standard InChI is InChI=1S/C23H26N6O7S2/c1-11-17(25-6-7-37-38-15-5-4-12(8-26-15)29(33)34)20(31)16-13(10-36-22(24)32)23(35-3)21-14(27(21)2)9-28(23)18(16)19(11)30/h4-5,8,13-14,21,25H,6-7,9-10H2,1-3H3,(H2,24,32)/t13-,14+,21+,23-,27?/m1/s1. The maximum absolute atomic E-state index is 13.8. The number of methoxy groups -OCH3 is 1. The molecule has 3 N–H and O–H groups in total. The Morgan fingerprint density at radius 2 is 2.13 bits per heavy atom. The summed E-state index contributed by atoms with van der Waals surface area (Å²) in [6.07, 6.45) is 0.236. The number of hydrogen-bond acceptors (Lipinski definition) is 13. The highest BCUT2D eigenvalue weighted by Gasteiger charge is 2.75. The second kappa shape index (κ2) is 9.87. The third-order valence-corrected chi connectivity index (χ3v) is 9.78. The molecular weight excluding hydrogens is 536 g/mol. The molecule has 15 heteroatoms. The number of carbonyl (C=O) groups excluding carboxylic acids is 3. The predicted molar refractivity (Wildman–Crippen MR) is 138 cm³/mol. The van der Waals surface area contributed by atoms with Crippen molar-refractivity contribution in [3.63, 3.8) is 0 Å². The number of nitrogens with two attached hydrogens (primary N) is 1. The third kappa shape index (κ3) is 4.04. The molecule has 2 fully saturated rings. The Bertz CT molecular complexity index is 1290. The molecule has 1 aromatic heterocycles. The van der Waals surface area contributed by atoms with E-state index >= 15 is 0 Å². The van der Waals surface area contributed by atoms with Gasteiger partial charge in [0, 0.05) is 49.2 Å². The smallest absolute Gasteiger partial charge is 0.404 e. The summed E-state index contributed by atoms with van der Waals surface area (Å²) >= 11 is 0. The number of nitro groups is 1. The molecular formula is C23H26N6O7S2. The van der Waals surface area contributed by atoms with Crippen LogP contribution in [0.25, 0.3) is 0 Å². The molecule has 2 saturated heterocycles. The quantitative estimate of drug-likeness (QED) is 0.104. The first-order chi connectivity index (χ1) is 18.1. The van der Waals surface area contributed by atoms with Gasteiger partial charge in [-0.3, -0.25) is 24.6 Å². The molecule has 3 aliphatic heterocycles. The molecule has 0 bridgehead atoms. The van der Waals surface area contributed by atoms with E-state index in [1.54, 1.807) is 20.1 Å². The fourth-order valence-electron chi connectivity index (χ4n) is 5.78. The SMILES string of the molecule is CO[C@@]12[C@H](COC(N)=O)C3=C(C(=O)C(C)=C(NCCSSc4ccc([N+](=O)[O-])cn4)C3=O)N1C[C@H]1[C@@H]2N1C. The summed E-state index contributed by atoms with van der Waals surface area (Å²) in [5.74, 6) is -0.708. The molecule has 1 aromatic rings. The zero-order chi connectivity index (χ0) is 27.4. The van der Waals surface area contributed by atoms with Crippen LogP contribution in [0.1, 0.15) is 6.92 Å². The van der Waals surface area contributed by atoms with Crippen molar-refractivity contribution in [2.45, 2.75) is 29.8 Å². The number of aromatic nitrogens is 1. The number of amides is 1. The van der Waals surface area contributed by atoms with Gasteiger partial charge in [-0.2, -0.15) is 0 Å². The first kappa shape index (κ1) is 26.5. The zero-order valence-electron chi connectivity index (χ0n) is 20.8. The highest BCUT2D eigenvalue weighted by molar-refractivity contribution is 8.76. The lowest BCUT2D eigenvalue weighted by atomic mass is 9.82. The van der Waals surface area contributed by atoms with Crippen LogP contribution >= 0.6 is 21.6 Å². The Balaban J connectivity index is 1.29. The summed E-state index contributed by atoms with van der Waals surface area (Å²) in [7, 11) is 6.30. The van der Waals surface area contributed by atoms with Crippen LogP contribution in [0.2, 0.25) is 0 Å². The molecule has 0 saturated carbocycles. The van der Waals surface area contributed by atoms with Crippen LogP contribution in [0.3, 0.4) is 0 Å². The molecule has 1 amide bonds. The van der Waals surface area contributed by atoms with Crippen LogP contribution in [0.5, 0.6) is 0 Å². The van der Waals surface area contributed by atoms with Crippen molar-refractivity contribution in [1.29, 1.82) is 0 Å². The van der Waals surface area contributed by atoms with E-state index < -0.39 is 22.7 Å². The van der Waals surface area contributed by atoms with Gasteiger partial charge in [-0.1, -0.05) is 10.8 Å². The predicted octanol–water partition coefficient (Wildman–Crippen LogP) is 1.07. The molecule has 4 aliphatic rings. The highest BCUT2D eigenvalue weighted by Crippen LogP contribution is 2.59. The average molecular weight is 563 g/mol. The Morgan fingerprint density at radius 3 is 2.76 bits per heavy atom. The van der Waals surface area contributed by atoms with Crippen LogP contribution in [-0.2, 0) is 19.1 Å². The number of primary amides is 1. The number of nitrogens with one attached hydrogen (secondary N) is 1. The van der Waals surface area contributed by atoms with E-state index in [1.165, 1.54) is 33.9 Å². The van der Waals surface area contributed by atoms with Crippen molar-refractivity contribution in [1.82, 2.24) is 20.1 Å². The van der Waals surface area contributed by atoms with Crippen LogP contribution in [0.4, 0.5) is 10.5 Å². The van der Waals surface area contributed by atoms with Crippen molar-refractivity contribution < 1.29 is 28.8 Å². The molecule has 1 unspecified atom stereocenters. The van der Waals surface area contributed by atoms with Gasteiger partial charge >= 0.3 is 6.09 Å².